The quantitative estimate of drug-likeness (QED) is 0.0845. The van der Waals surface area contributed by atoms with Gasteiger partial charge in [-0.2, -0.15) is 26.0 Å². The van der Waals surface area contributed by atoms with Crippen molar-refractivity contribution in [2.75, 3.05) is 6.54 Å². The second-order valence-electron chi connectivity index (χ2n) is 11.2. The number of aryl methyl sites for hydroxylation is 1. The van der Waals surface area contributed by atoms with Crippen LogP contribution in [-0.2, 0) is 16.0 Å². The first-order valence-corrected chi connectivity index (χ1v) is 15.1. The third-order valence-corrected chi connectivity index (χ3v) is 9.14. The Bertz CT molecular complexity index is 1870. The van der Waals surface area contributed by atoms with Crippen molar-refractivity contribution in [3.8, 4) is 17.2 Å². The van der Waals surface area contributed by atoms with Crippen molar-refractivity contribution >= 4 is 27.3 Å². The van der Waals surface area contributed by atoms with Crippen molar-refractivity contribution in [1.82, 2.24) is 4.58 Å². The van der Waals surface area contributed by atoms with E-state index in [-0.39, 0.29) is 28.6 Å². The maximum atomic E-state index is 15.8. The summed E-state index contributed by atoms with van der Waals surface area (Å²) in [6, 6.07) is 9.74. The molecule has 42 heavy (non-hydrogen) atoms. The van der Waals surface area contributed by atoms with Gasteiger partial charge in [0.25, 0.3) is 0 Å². The van der Waals surface area contributed by atoms with Gasteiger partial charge in [0.1, 0.15) is 12.3 Å². The molecule has 0 saturated carbocycles. The number of ether oxygens (including phenoxy) is 1. The van der Waals surface area contributed by atoms with E-state index in [4.69, 9.17) is 16.3 Å². The first-order valence-electron chi connectivity index (χ1n) is 13.2. The van der Waals surface area contributed by atoms with Gasteiger partial charge < -0.3 is 8.92 Å². The Kier molecular flexibility index (Phi) is 7.37. The Labute approximate surface area is 245 Å². The van der Waals surface area contributed by atoms with E-state index in [1.165, 1.54) is 0 Å². The highest BCUT2D eigenvalue weighted by molar-refractivity contribution is 7.88. The van der Waals surface area contributed by atoms with Crippen molar-refractivity contribution in [1.29, 1.82) is 0 Å². The van der Waals surface area contributed by atoms with Gasteiger partial charge in [0.05, 0.1) is 6.07 Å². The average molecular weight is 629 g/mol. The highest BCUT2D eigenvalue weighted by Crippen LogP contribution is 2.44. The van der Waals surface area contributed by atoms with Gasteiger partial charge in [-0.15, -0.1) is 11.6 Å². The van der Waals surface area contributed by atoms with Crippen LogP contribution < -0.4 is 24.1 Å². The van der Waals surface area contributed by atoms with Crippen molar-refractivity contribution in [3.63, 3.8) is 0 Å². The van der Waals surface area contributed by atoms with Crippen LogP contribution in [0.25, 0.3) is 5.57 Å². The van der Waals surface area contributed by atoms with Crippen LogP contribution in [0.4, 0.5) is 22.0 Å². The summed E-state index contributed by atoms with van der Waals surface area (Å²) in [6.45, 7) is 10.8. The summed E-state index contributed by atoms with van der Waals surface area (Å²) in [5.74, 6) is -5.20. The van der Waals surface area contributed by atoms with Crippen LogP contribution in [0, 0.1) is 18.6 Å². The normalized spacial score (nSPS) is 17.7. The van der Waals surface area contributed by atoms with Crippen LogP contribution in [0.3, 0.4) is 0 Å². The Balaban J connectivity index is 1.89. The minimum absolute atomic E-state index is 0.105. The van der Waals surface area contributed by atoms with Gasteiger partial charge in [-0.05, 0) is 62.4 Å². The predicted molar refractivity (Wildman–Crippen MR) is 149 cm³/mol. The molecule has 0 amide bonds. The molecule has 0 spiro atoms. The van der Waals surface area contributed by atoms with Crippen LogP contribution in [0.1, 0.15) is 67.9 Å². The lowest BCUT2D eigenvalue weighted by Gasteiger charge is -2.31. The molecule has 224 valence electrons. The van der Waals surface area contributed by atoms with E-state index in [0.29, 0.717) is 22.9 Å². The summed E-state index contributed by atoms with van der Waals surface area (Å²) in [5.41, 5.74) is -2.73. The lowest BCUT2D eigenvalue weighted by molar-refractivity contribution is -0.0502. The van der Waals surface area contributed by atoms with E-state index in [1.54, 1.807) is 25.1 Å². The molecular formula is C30H28ClF5NO4S+. The fraction of sp³-hybridized carbons (Fsp3) is 0.367. The molecule has 2 aliphatic rings. The largest absolute Gasteiger partial charge is 0.534 e. The van der Waals surface area contributed by atoms with Gasteiger partial charge in [-0.25, -0.2) is 8.97 Å². The van der Waals surface area contributed by atoms with Crippen LogP contribution in [0.5, 0.6) is 17.2 Å². The molecule has 3 aromatic rings. The lowest BCUT2D eigenvalue weighted by Crippen LogP contribution is -2.52. The zero-order valence-corrected chi connectivity index (χ0v) is 25.0. The smallest absolute Gasteiger partial charge is 0.453 e. The van der Waals surface area contributed by atoms with Gasteiger partial charge in [0.15, 0.2) is 17.1 Å². The Hall–Kier alpha value is -3.18. The molecule has 0 fully saturated rings. The number of fused-ring (bicyclic) bond motifs is 3. The minimum atomic E-state index is -6.37. The molecule has 12 heteroatoms. The van der Waals surface area contributed by atoms with Crippen LogP contribution in [0.2, 0.25) is 0 Å². The molecule has 2 heterocycles. The summed E-state index contributed by atoms with van der Waals surface area (Å²) in [7, 11) is -6.37. The molecule has 3 aromatic carbocycles. The topological polar surface area (TPSA) is 55.6 Å². The predicted octanol–water partition coefficient (Wildman–Crippen LogP) is 6.39. The zero-order chi connectivity index (χ0) is 30.9. The molecule has 1 atom stereocenters. The number of hydrogen-bond acceptors (Lipinski definition) is 4. The maximum Gasteiger partial charge on any atom is 0.534 e. The van der Waals surface area contributed by atoms with Crippen molar-refractivity contribution in [2.45, 2.75) is 63.9 Å². The molecule has 0 saturated heterocycles. The highest BCUT2D eigenvalue weighted by Gasteiger charge is 2.50. The van der Waals surface area contributed by atoms with Gasteiger partial charge in [0.2, 0.25) is 16.9 Å². The van der Waals surface area contributed by atoms with Gasteiger partial charge in [0, 0.05) is 34.2 Å². The van der Waals surface area contributed by atoms with Crippen molar-refractivity contribution < 1.29 is 39.3 Å². The van der Waals surface area contributed by atoms with Crippen molar-refractivity contribution in [3.05, 3.63) is 86.4 Å². The third kappa shape index (κ3) is 4.84. The number of hydrogen-bond donors (Lipinski definition) is 0. The van der Waals surface area contributed by atoms with E-state index >= 15 is 8.78 Å². The van der Waals surface area contributed by atoms with E-state index < -0.39 is 38.8 Å². The van der Waals surface area contributed by atoms with Crippen LogP contribution >= 0.6 is 11.6 Å². The molecule has 1 unspecified atom stereocenters. The summed E-state index contributed by atoms with van der Waals surface area (Å²) in [5, 5.41) is 1.37. The molecule has 0 aromatic heterocycles. The fourth-order valence-corrected chi connectivity index (χ4v) is 6.76. The molecule has 0 aliphatic carbocycles. The monoisotopic (exact) mass is 628 g/mol. The SMILES string of the molecule is CC[N+]1=c2cc3c(cc2C(C)CC1(C)C)=C(c1ccc(CCl)cc1C)c1cc(F)c(OS(=O)(=O)C(F)(F)F)c(F)c1O3. The molecule has 0 N–H and O–H groups in total. The summed E-state index contributed by atoms with van der Waals surface area (Å²) >= 11 is 6.02. The second kappa shape index (κ2) is 10.2. The Morgan fingerprint density at radius 3 is 2.40 bits per heavy atom. The minimum Gasteiger partial charge on any atom is -0.453 e. The van der Waals surface area contributed by atoms with E-state index in [2.05, 4.69) is 29.5 Å². The van der Waals surface area contributed by atoms with E-state index in [0.717, 1.165) is 34.5 Å². The summed E-state index contributed by atoms with van der Waals surface area (Å²) in [4.78, 5) is 0. The second-order valence-corrected chi connectivity index (χ2v) is 13.0. The Morgan fingerprint density at radius 1 is 1.12 bits per heavy atom. The van der Waals surface area contributed by atoms with Crippen molar-refractivity contribution in [2.24, 2.45) is 0 Å². The summed E-state index contributed by atoms with van der Waals surface area (Å²) < 4.78 is 106. The van der Waals surface area contributed by atoms with Gasteiger partial charge >= 0.3 is 15.6 Å². The average Bonchev–Trinajstić information content (AvgIpc) is 2.89. The number of halogens is 6. The van der Waals surface area contributed by atoms with E-state index in [1.807, 2.05) is 19.1 Å². The lowest BCUT2D eigenvalue weighted by atomic mass is 9.81. The highest BCUT2D eigenvalue weighted by atomic mass is 35.5. The maximum absolute atomic E-state index is 15.8. The number of rotatable bonds is 5. The Morgan fingerprint density at radius 2 is 1.81 bits per heavy atom. The first-order chi connectivity index (χ1) is 19.5. The van der Waals surface area contributed by atoms with Gasteiger partial charge in [-0.1, -0.05) is 25.1 Å². The molecule has 5 nitrogen and oxygen atoms in total. The fourth-order valence-electron chi connectivity index (χ4n) is 6.13. The molecular weight excluding hydrogens is 601 g/mol. The number of nitrogens with zero attached hydrogens (tertiary/aromatic N) is 1. The molecule has 0 radical (unpaired) electrons. The first kappa shape index (κ1) is 30.3. The zero-order valence-electron chi connectivity index (χ0n) is 23.4. The summed E-state index contributed by atoms with van der Waals surface area (Å²) in [6.07, 6.45) is 0.848. The number of alkyl halides is 4. The third-order valence-electron chi connectivity index (χ3n) is 7.88. The van der Waals surface area contributed by atoms with Crippen LogP contribution in [0.15, 0.2) is 36.4 Å². The molecule has 0 bridgehead atoms. The van der Waals surface area contributed by atoms with Gasteiger partial charge in [-0.3, -0.25) is 0 Å². The molecule has 5 rings (SSSR count). The van der Waals surface area contributed by atoms with Crippen LogP contribution in [-0.4, -0.2) is 26.0 Å². The van der Waals surface area contributed by atoms with E-state index in [9.17, 15) is 21.6 Å². The number of benzene rings is 3. The standard InChI is InChI=1S/C30H28ClF5NO4S/c1-6-37-23-12-24-20(10-19(23)16(3)13-29(37,4)5)25(18-8-7-17(14-31)9-15(18)2)21-11-22(32)28(26(33)27(21)40-24)41-42(38,39)30(34,35)36/h7-12,16H,6,13-14H2,1-5H3/q+1. The molecule has 2 aliphatic heterocycles.